The molecular formula is C33H32ClN3O9S. The Balaban J connectivity index is 1.27. The number of alkyl halides is 1. The zero-order valence-corrected chi connectivity index (χ0v) is 27.0. The average Bonchev–Trinajstić information content (AvgIpc) is 3.32. The highest BCUT2D eigenvalue weighted by molar-refractivity contribution is 8.01. The number of carbonyl (C=O) groups excluding carboxylic acids is 5. The van der Waals surface area contributed by atoms with Crippen LogP contribution in [0.2, 0.25) is 0 Å². The number of alkyl carbamates (subject to hydrolysis) is 1. The standard InChI is InChI=1S/C33H32ClN3O9S/c1-33(2)26(30(40)43-17-20-9-5-3-6-10-20)37-28(39)25(29(37)47-33)35-27(38)24(36-31(41)44-18-21-11-7-4-8-12-21)22-13-15-23(16-14-22)46-32(42)45-19-34/h3-16,24-26,29H,17-19H2,1-2H3,(H,35,38)(H,36,41)/t24?,25?,26-,29+/m0/s1. The van der Waals surface area contributed by atoms with Crippen molar-refractivity contribution >= 4 is 53.4 Å². The van der Waals surface area contributed by atoms with E-state index in [1.165, 1.54) is 40.9 Å². The van der Waals surface area contributed by atoms with Crippen molar-refractivity contribution in [1.82, 2.24) is 15.5 Å². The number of carbonyl (C=O) groups is 5. The Hall–Kier alpha value is -4.75. The minimum Gasteiger partial charge on any atom is -0.459 e. The van der Waals surface area contributed by atoms with Gasteiger partial charge in [-0.1, -0.05) is 84.4 Å². The van der Waals surface area contributed by atoms with Gasteiger partial charge in [-0.05, 0) is 42.7 Å². The topological polar surface area (TPSA) is 150 Å². The van der Waals surface area contributed by atoms with Gasteiger partial charge in [0.25, 0.3) is 0 Å². The molecule has 2 N–H and O–H groups in total. The highest BCUT2D eigenvalue weighted by Gasteiger charge is 2.64. The summed E-state index contributed by atoms with van der Waals surface area (Å²) in [5.74, 6) is -1.57. The molecule has 3 amide bonds. The summed E-state index contributed by atoms with van der Waals surface area (Å²) >= 11 is 6.76. The van der Waals surface area contributed by atoms with Crippen molar-refractivity contribution in [3.05, 3.63) is 102 Å². The highest BCUT2D eigenvalue weighted by atomic mass is 35.5. The molecule has 4 atom stereocenters. The predicted octanol–water partition coefficient (Wildman–Crippen LogP) is 4.66. The van der Waals surface area contributed by atoms with E-state index < -0.39 is 64.3 Å². The van der Waals surface area contributed by atoms with Crippen LogP contribution in [0.3, 0.4) is 0 Å². The van der Waals surface area contributed by atoms with E-state index in [-0.39, 0.29) is 19.0 Å². The third kappa shape index (κ3) is 7.98. The minimum absolute atomic E-state index is 0.0396. The van der Waals surface area contributed by atoms with Gasteiger partial charge in [0, 0.05) is 4.75 Å². The number of nitrogens with zero attached hydrogens (tertiary/aromatic N) is 1. The summed E-state index contributed by atoms with van der Waals surface area (Å²) in [5.41, 5.74) is 1.87. The van der Waals surface area contributed by atoms with Crippen LogP contribution in [0.5, 0.6) is 5.75 Å². The van der Waals surface area contributed by atoms with Crippen LogP contribution < -0.4 is 15.4 Å². The van der Waals surface area contributed by atoms with Gasteiger partial charge < -0.3 is 34.5 Å². The van der Waals surface area contributed by atoms with Crippen molar-refractivity contribution in [3.8, 4) is 5.75 Å². The smallest absolute Gasteiger partial charge is 0.459 e. The van der Waals surface area contributed by atoms with E-state index in [2.05, 4.69) is 15.4 Å². The normalized spacial score (nSPS) is 19.8. The van der Waals surface area contributed by atoms with Crippen LogP contribution in [-0.4, -0.2) is 63.2 Å². The number of ether oxygens (including phenoxy) is 4. The summed E-state index contributed by atoms with van der Waals surface area (Å²) in [6.07, 6.45) is -1.89. The number of β-lactam (4-membered cyclic amide) rings is 1. The number of rotatable bonds is 11. The third-order valence-corrected chi connectivity index (χ3v) is 9.19. The van der Waals surface area contributed by atoms with Crippen LogP contribution in [0.25, 0.3) is 0 Å². The van der Waals surface area contributed by atoms with Gasteiger partial charge in [-0.25, -0.2) is 14.4 Å². The van der Waals surface area contributed by atoms with E-state index >= 15 is 0 Å². The van der Waals surface area contributed by atoms with Gasteiger partial charge >= 0.3 is 18.2 Å². The third-order valence-electron chi connectivity index (χ3n) is 7.51. The molecule has 3 aromatic carbocycles. The molecule has 14 heteroatoms. The molecule has 5 rings (SSSR count). The first-order valence-corrected chi connectivity index (χ1v) is 16.0. The fourth-order valence-corrected chi connectivity index (χ4v) is 6.96. The van der Waals surface area contributed by atoms with Crippen LogP contribution in [0, 0.1) is 0 Å². The lowest BCUT2D eigenvalue weighted by atomic mass is 9.95. The largest absolute Gasteiger partial charge is 0.515 e. The van der Waals surface area contributed by atoms with E-state index in [4.69, 9.17) is 25.8 Å². The van der Waals surface area contributed by atoms with Crippen molar-refractivity contribution in [2.75, 3.05) is 6.07 Å². The minimum atomic E-state index is -1.30. The zero-order chi connectivity index (χ0) is 33.6. The molecule has 0 spiro atoms. The maximum atomic E-state index is 13.7. The molecule has 0 aliphatic carbocycles. The van der Waals surface area contributed by atoms with Crippen molar-refractivity contribution < 1.29 is 42.9 Å². The maximum absolute atomic E-state index is 13.7. The van der Waals surface area contributed by atoms with Gasteiger partial charge in [0.1, 0.15) is 42.5 Å². The van der Waals surface area contributed by atoms with Crippen LogP contribution in [0.1, 0.15) is 36.6 Å². The second-order valence-electron chi connectivity index (χ2n) is 11.2. The van der Waals surface area contributed by atoms with Crippen LogP contribution in [0.4, 0.5) is 9.59 Å². The lowest BCUT2D eigenvalue weighted by Crippen LogP contribution is -2.71. The molecule has 12 nitrogen and oxygen atoms in total. The molecule has 0 aromatic heterocycles. The zero-order valence-electron chi connectivity index (χ0n) is 25.4. The van der Waals surface area contributed by atoms with Gasteiger partial charge in [0.05, 0.1) is 0 Å². The molecule has 246 valence electrons. The summed E-state index contributed by atoms with van der Waals surface area (Å²) < 4.78 is 19.8. The quantitative estimate of drug-likeness (QED) is 0.0962. The molecule has 2 aliphatic heterocycles. The molecule has 2 saturated heterocycles. The number of amides is 3. The van der Waals surface area contributed by atoms with Gasteiger partial charge in [-0.15, -0.1) is 11.8 Å². The second-order valence-corrected chi connectivity index (χ2v) is 13.1. The fraction of sp³-hybridized carbons (Fsp3) is 0.303. The Morgan fingerprint density at radius 2 is 1.47 bits per heavy atom. The van der Waals surface area contributed by atoms with E-state index in [1.807, 2.05) is 50.2 Å². The molecule has 2 unspecified atom stereocenters. The highest BCUT2D eigenvalue weighted by Crippen LogP contribution is 2.51. The SMILES string of the molecule is CC1(C)S[C@@H]2C(NC(=O)C(NC(=O)OCc3ccccc3)c3ccc(OC(=O)OCCl)cc3)C(=O)N2[C@H]1C(=O)OCc1ccccc1. The number of esters is 1. The van der Waals surface area contributed by atoms with Crippen molar-refractivity contribution in [2.45, 2.75) is 55.3 Å². The van der Waals surface area contributed by atoms with Crippen LogP contribution in [-0.2, 0) is 41.8 Å². The molecule has 0 saturated carbocycles. The number of hydrogen-bond acceptors (Lipinski definition) is 10. The molecule has 0 radical (unpaired) electrons. The fourth-order valence-electron chi connectivity index (χ4n) is 5.25. The average molecular weight is 682 g/mol. The first-order chi connectivity index (χ1) is 22.6. The van der Waals surface area contributed by atoms with E-state index in [1.54, 1.807) is 24.3 Å². The molecule has 2 heterocycles. The summed E-state index contributed by atoms with van der Waals surface area (Å²) in [4.78, 5) is 66.2. The Kier molecular flexibility index (Phi) is 10.6. The summed E-state index contributed by atoms with van der Waals surface area (Å²) in [6.45, 7) is 3.71. The molecule has 47 heavy (non-hydrogen) atoms. The number of halogens is 1. The second kappa shape index (κ2) is 14.8. The maximum Gasteiger partial charge on any atom is 0.515 e. The van der Waals surface area contributed by atoms with Crippen LogP contribution in [0.15, 0.2) is 84.9 Å². The van der Waals surface area contributed by atoms with Gasteiger partial charge in [-0.3, -0.25) is 9.59 Å². The lowest BCUT2D eigenvalue weighted by molar-refractivity contribution is -0.165. The predicted molar refractivity (Wildman–Crippen MR) is 171 cm³/mol. The number of thioether (sulfide) groups is 1. The van der Waals surface area contributed by atoms with Gasteiger partial charge in [0.15, 0.2) is 6.07 Å². The van der Waals surface area contributed by atoms with E-state index in [0.717, 1.165) is 11.1 Å². The van der Waals surface area contributed by atoms with E-state index in [9.17, 15) is 24.0 Å². The van der Waals surface area contributed by atoms with E-state index in [0.29, 0.717) is 5.56 Å². The van der Waals surface area contributed by atoms with Gasteiger partial charge in [-0.2, -0.15) is 0 Å². The Labute approximate surface area is 280 Å². The summed E-state index contributed by atoms with van der Waals surface area (Å²) in [5, 5.41) is 4.76. The number of benzene rings is 3. The van der Waals surface area contributed by atoms with Crippen molar-refractivity contribution in [2.24, 2.45) is 0 Å². The molecule has 0 bridgehead atoms. The number of fused-ring (bicyclic) bond motifs is 1. The number of hydrogen-bond donors (Lipinski definition) is 2. The first-order valence-electron chi connectivity index (χ1n) is 14.6. The lowest BCUT2D eigenvalue weighted by Gasteiger charge is -2.44. The number of nitrogens with one attached hydrogen (secondary N) is 2. The molecule has 2 fully saturated rings. The van der Waals surface area contributed by atoms with Crippen molar-refractivity contribution in [1.29, 1.82) is 0 Å². The van der Waals surface area contributed by atoms with Gasteiger partial charge in [0.2, 0.25) is 11.8 Å². The Bertz CT molecular complexity index is 1610. The molecule has 3 aromatic rings. The van der Waals surface area contributed by atoms with Crippen molar-refractivity contribution in [3.63, 3.8) is 0 Å². The molecule has 2 aliphatic rings. The Morgan fingerprint density at radius 1 is 0.872 bits per heavy atom. The first kappa shape index (κ1) is 33.6. The molecular weight excluding hydrogens is 650 g/mol. The summed E-state index contributed by atoms with van der Waals surface area (Å²) in [7, 11) is 0. The Morgan fingerprint density at radius 3 is 2.06 bits per heavy atom. The monoisotopic (exact) mass is 681 g/mol. The summed E-state index contributed by atoms with van der Waals surface area (Å²) in [6, 6.07) is 20.4. The van der Waals surface area contributed by atoms with Crippen LogP contribution >= 0.6 is 23.4 Å².